The van der Waals surface area contributed by atoms with Gasteiger partial charge in [0.25, 0.3) is 11.8 Å². The quantitative estimate of drug-likeness (QED) is 0.213. The van der Waals surface area contributed by atoms with Crippen molar-refractivity contribution >= 4 is 28.5 Å². The Morgan fingerprint density at radius 2 is 1.48 bits per heavy atom. The number of hydrogen-bond acceptors (Lipinski definition) is 3. The van der Waals surface area contributed by atoms with Crippen LogP contribution in [0.3, 0.4) is 0 Å². The molecule has 40 heavy (non-hydrogen) atoms. The van der Waals surface area contributed by atoms with Crippen LogP contribution in [0, 0.1) is 5.92 Å². The van der Waals surface area contributed by atoms with E-state index in [0.717, 1.165) is 24.3 Å². The van der Waals surface area contributed by atoms with Crippen LogP contribution in [0.4, 0.5) is 32.0 Å². The topological polar surface area (TPSA) is 86.9 Å². The van der Waals surface area contributed by atoms with Crippen LogP contribution in [-0.4, -0.2) is 21.8 Å². The fraction of sp³-hybridized carbons (Fsp3) is 0.250. The molecular weight excluding hydrogens is 538 g/mol. The van der Waals surface area contributed by atoms with Gasteiger partial charge in [-0.2, -0.15) is 26.3 Å². The normalized spacial score (nSPS) is 12.1. The lowest BCUT2D eigenvalue weighted by Gasteiger charge is -2.14. The molecule has 210 valence electrons. The third kappa shape index (κ3) is 6.44. The monoisotopic (exact) mass is 562 g/mol. The number of imidazole rings is 1. The highest BCUT2D eigenvalue weighted by Crippen LogP contribution is 2.33. The van der Waals surface area contributed by atoms with Gasteiger partial charge in [0.1, 0.15) is 11.3 Å². The molecule has 0 spiro atoms. The van der Waals surface area contributed by atoms with Crippen LogP contribution < -0.4 is 10.6 Å². The molecule has 0 saturated heterocycles. The van der Waals surface area contributed by atoms with E-state index in [2.05, 4.69) is 20.6 Å². The predicted octanol–water partition coefficient (Wildman–Crippen LogP) is 6.98. The third-order valence-electron chi connectivity index (χ3n) is 5.98. The summed E-state index contributed by atoms with van der Waals surface area (Å²) in [5.74, 6) is -1.13. The van der Waals surface area contributed by atoms with Crippen LogP contribution in [0.2, 0.25) is 0 Å². The van der Waals surface area contributed by atoms with E-state index in [9.17, 15) is 35.9 Å². The van der Waals surface area contributed by atoms with Gasteiger partial charge in [-0.25, -0.2) is 4.98 Å². The maximum atomic E-state index is 13.4. The van der Waals surface area contributed by atoms with E-state index in [-0.39, 0.29) is 28.2 Å². The van der Waals surface area contributed by atoms with E-state index >= 15 is 0 Å². The summed E-state index contributed by atoms with van der Waals surface area (Å²) in [4.78, 5) is 33.6. The van der Waals surface area contributed by atoms with E-state index in [1.54, 1.807) is 0 Å². The molecule has 1 heterocycles. The minimum atomic E-state index is -4.77. The molecule has 4 aromatic rings. The van der Waals surface area contributed by atoms with Crippen LogP contribution in [-0.2, 0) is 25.3 Å². The van der Waals surface area contributed by atoms with Crippen molar-refractivity contribution in [1.29, 1.82) is 0 Å². The Balaban J connectivity index is 1.69. The Kier molecular flexibility index (Phi) is 7.90. The van der Waals surface area contributed by atoms with E-state index in [1.807, 2.05) is 13.8 Å². The minimum Gasteiger partial charge on any atom is -0.348 e. The molecule has 0 atom stereocenters. The van der Waals surface area contributed by atoms with Crippen molar-refractivity contribution < 1.29 is 35.9 Å². The number of H-pyrrole nitrogens is 1. The molecule has 0 bridgehead atoms. The van der Waals surface area contributed by atoms with E-state index < -0.39 is 47.4 Å². The third-order valence-corrected chi connectivity index (χ3v) is 5.98. The molecule has 0 fully saturated rings. The van der Waals surface area contributed by atoms with Crippen LogP contribution in [0.5, 0.6) is 0 Å². The molecule has 0 radical (unpaired) electrons. The second kappa shape index (κ2) is 11.0. The highest BCUT2D eigenvalue weighted by atomic mass is 19.4. The standard InChI is InChI=1S/C28H24F6N4O2/c1-15(2)11-23-37-22-13-17(36-26(40)18-8-4-6-10-21(18)28(32,33)34)12-19(24(22)38-23)25(39)35-14-16-7-3-5-9-20(16)27(29,30)31/h3-10,12-13,15H,11,14H2,1-2H3,(H,35,39)(H,36,40)(H,37,38). The molecular formula is C28H24F6N4O2. The number of anilines is 1. The van der Waals surface area contributed by atoms with Crippen molar-refractivity contribution in [3.05, 3.63) is 94.3 Å². The predicted molar refractivity (Wildman–Crippen MR) is 137 cm³/mol. The molecule has 0 aliphatic rings. The van der Waals surface area contributed by atoms with Crippen LogP contribution >= 0.6 is 0 Å². The molecule has 0 unspecified atom stereocenters. The van der Waals surface area contributed by atoms with Crippen molar-refractivity contribution in [3.63, 3.8) is 0 Å². The van der Waals surface area contributed by atoms with Crippen molar-refractivity contribution in [2.24, 2.45) is 5.92 Å². The summed E-state index contributed by atoms with van der Waals surface area (Å²) in [6.07, 6.45) is -8.89. The van der Waals surface area contributed by atoms with Gasteiger partial charge >= 0.3 is 12.4 Å². The number of fused-ring (bicyclic) bond motifs is 1. The summed E-state index contributed by atoms with van der Waals surface area (Å²) in [7, 11) is 0. The van der Waals surface area contributed by atoms with Crippen LogP contribution in [0.25, 0.3) is 11.0 Å². The molecule has 6 nitrogen and oxygen atoms in total. The number of aromatic amines is 1. The first-order chi connectivity index (χ1) is 18.7. The minimum absolute atomic E-state index is 0.00457. The summed E-state index contributed by atoms with van der Waals surface area (Å²) in [5.41, 5.74) is -2.36. The fourth-order valence-corrected chi connectivity index (χ4v) is 4.25. The maximum Gasteiger partial charge on any atom is 0.417 e. The maximum absolute atomic E-state index is 13.4. The molecule has 0 aliphatic carbocycles. The Morgan fingerprint density at radius 1 is 0.850 bits per heavy atom. The Hall–Kier alpha value is -4.35. The van der Waals surface area contributed by atoms with E-state index in [4.69, 9.17) is 0 Å². The summed E-state index contributed by atoms with van der Waals surface area (Å²) in [5, 5.41) is 4.85. The SMILES string of the molecule is CC(C)Cc1nc2c(C(=O)NCc3ccccc3C(F)(F)F)cc(NC(=O)c3ccccc3C(F)(F)F)cc2[nH]1. The second-order valence-electron chi connectivity index (χ2n) is 9.54. The van der Waals surface area contributed by atoms with Crippen molar-refractivity contribution in [2.75, 3.05) is 5.32 Å². The van der Waals surface area contributed by atoms with Gasteiger partial charge in [0, 0.05) is 18.7 Å². The van der Waals surface area contributed by atoms with Gasteiger partial charge in [0.2, 0.25) is 0 Å². The highest BCUT2D eigenvalue weighted by molar-refractivity contribution is 6.10. The number of alkyl halides is 6. The molecule has 0 aliphatic heterocycles. The van der Waals surface area contributed by atoms with Crippen molar-refractivity contribution in [2.45, 2.75) is 39.2 Å². The van der Waals surface area contributed by atoms with Gasteiger partial charge in [-0.05, 0) is 41.8 Å². The zero-order valence-corrected chi connectivity index (χ0v) is 21.3. The molecule has 3 aromatic carbocycles. The van der Waals surface area contributed by atoms with Gasteiger partial charge in [-0.1, -0.05) is 44.2 Å². The zero-order chi connectivity index (χ0) is 29.2. The van der Waals surface area contributed by atoms with Crippen molar-refractivity contribution in [1.82, 2.24) is 15.3 Å². The number of benzene rings is 3. The second-order valence-corrected chi connectivity index (χ2v) is 9.54. The molecule has 4 rings (SSSR count). The number of carbonyl (C=O) groups is 2. The number of aromatic nitrogens is 2. The van der Waals surface area contributed by atoms with Gasteiger partial charge in [-0.15, -0.1) is 0 Å². The first-order valence-corrected chi connectivity index (χ1v) is 12.2. The average molecular weight is 563 g/mol. The fourth-order valence-electron chi connectivity index (χ4n) is 4.25. The molecule has 2 amide bonds. The summed E-state index contributed by atoms with van der Waals surface area (Å²) < 4.78 is 80.5. The van der Waals surface area contributed by atoms with Crippen LogP contribution in [0.1, 0.15) is 57.1 Å². The number of rotatable bonds is 7. The average Bonchev–Trinajstić information content (AvgIpc) is 3.27. The van der Waals surface area contributed by atoms with Crippen LogP contribution in [0.15, 0.2) is 60.7 Å². The Morgan fingerprint density at radius 3 is 2.12 bits per heavy atom. The summed E-state index contributed by atoms with van der Waals surface area (Å²) >= 11 is 0. The van der Waals surface area contributed by atoms with Gasteiger partial charge in [-0.3, -0.25) is 9.59 Å². The first-order valence-electron chi connectivity index (χ1n) is 12.2. The number of hydrogen-bond donors (Lipinski definition) is 3. The number of nitrogens with one attached hydrogen (secondary N) is 3. The highest BCUT2D eigenvalue weighted by Gasteiger charge is 2.35. The zero-order valence-electron chi connectivity index (χ0n) is 21.3. The summed E-state index contributed by atoms with van der Waals surface area (Å²) in [6, 6.07) is 11.7. The number of nitrogens with zero attached hydrogens (tertiary/aromatic N) is 1. The number of carbonyl (C=O) groups excluding carboxylic acids is 2. The van der Waals surface area contributed by atoms with E-state index in [0.29, 0.717) is 17.8 Å². The lowest BCUT2D eigenvalue weighted by Crippen LogP contribution is -2.25. The molecule has 12 heteroatoms. The van der Waals surface area contributed by atoms with Gasteiger partial charge in [0.05, 0.1) is 27.8 Å². The molecule has 0 saturated carbocycles. The van der Waals surface area contributed by atoms with Gasteiger partial charge < -0.3 is 15.6 Å². The molecule has 3 N–H and O–H groups in total. The van der Waals surface area contributed by atoms with E-state index in [1.165, 1.54) is 36.4 Å². The number of amides is 2. The lowest BCUT2D eigenvalue weighted by molar-refractivity contribution is -0.138. The largest absolute Gasteiger partial charge is 0.417 e. The Bertz CT molecular complexity index is 1560. The molecule has 1 aromatic heterocycles. The smallest absolute Gasteiger partial charge is 0.348 e. The first kappa shape index (κ1) is 28.7. The lowest BCUT2D eigenvalue weighted by atomic mass is 10.1. The summed E-state index contributed by atoms with van der Waals surface area (Å²) in [6.45, 7) is 3.44. The number of halogens is 6. The Labute approximate surface area is 224 Å². The van der Waals surface area contributed by atoms with Crippen molar-refractivity contribution in [3.8, 4) is 0 Å². The van der Waals surface area contributed by atoms with Gasteiger partial charge in [0.15, 0.2) is 0 Å².